The molecule has 20 heavy (non-hydrogen) atoms. The monoisotopic (exact) mass is 291 g/mol. The molecule has 2 aromatic rings. The summed E-state index contributed by atoms with van der Waals surface area (Å²) in [6, 6.07) is 7.61. The molecule has 0 spiro atoms. The fourth-order valence-corrected chi connectivity index (χ4v) is 2.78. The predicted octanol–water partition coefficient (Wildman–Crippen LogP) is 2.37. The van der Waals surface area contributed by atoms with Gasteiger partial charge in [0.2, 0.25) is 0 Å². The number of thioether (sulfide) groups is 1. The number of para-hydroxylation sites is 1. The number of benzene rings is 1. The zero-order chi connectivity index (χ0) is 14.7. The lowest BCUT2D eigenvalue weighted by Crippen LogP contribution is -2.30. The lowest BCUT2D eigenvalue weighted by atomic mass is 10.2. The number of furan rings is 1. The van der Waals surface area contributed by atoms with E-state index in [1.807, 2.05) is 25.1 Å². The summed E-state index contributed by atoms with van der Waals surface area (Å²) in [6.07, 6.45) is 0. The molecular formula is C14H17N3O2S. The number of nitrogens with two attached hydrogens (primary N) is 2. The summed E-state index contributed by atoms with van der Waals surface area (Å²) < 4.78 is 5.55. The third kappa shape index (κ3) is 2.97. The Hall–Kier alpha value is -1.92. The molecule has 0 aliphatic rings. The Kier molecular flexibility index (Phi) is 4.36. The highest BCUT2D eigenvalue weighted by Crippen LogP contribution is 2.31. The minimum absolute atomic E-state index is 0.349. The van der Waals surface area contributed by atoms with E-state index >= 15 is 0 Å². The van der Waals surface area contributed by atoms with E-state index in [1.54, 1.807) is 24.8 Å². The molecule has 0 aliphatic heterocycles. The summed E-state index contributed by atoms with van der Waals surface area (Å²) in [5.41, 5.74) is 10.4. The van der Waals surface area contributed by atoms with E-state index < -0.39 is 0 Å². The van der Waals surface area contributed by atoms with Crippen LogP contribution >= 0.6 is 11.8 Å². The van der Waals surface area contributed by atoms with Crippen molar-refractivity contribution in [3.05, 3.63) is 46.9 Å². The van der Waals surface area contributed by atoms with Crippen LogP contribution in [0.5, 0.6) is 0 Å². The van der Waals surface area contributed by atoms with Crippen LogP contribution < -0.4 is 17.0 Å². The van der Waals surface area contributed by atoms with Crippen molar-refractivity contribution < 1.29 is 9.21 Å². The molecule has 0 bridgehead atoms. The Balaban J connectivity index is 2.12. The maximum Gasteiger partial charge on any atom is 0.268 e. The van der Waals surface area contributed by atoms with Crippen LogP contribution in [0.4, 0.5) is 5.69 Å². The summed E-state index contributed by atoms with van der Waals surface area (Å²) in [4.78, 5) is 12.5. The quantitative estimate of drug-likeness (QED) is 0.264. The zero-order valence-electron chi connectivity index (χ0n) is 11.4. The average Bonchev–Trinajstić information content (AvgIpc) is 2.81. The zero-order valence-corrected chi connectivity index (χ0v) is 12.2. The van der Waals surface area contributed by atoms with Gasteiger partial charge in [-0.3, -0.25) is 10.2 Å². The highest BCUT2D eigenvalue weighted by molar-refractivity contribution is 7.98. The topological polar surface area (TPSA) is 94.3 Å². The van der Waals surface area contributed by atoms with Crippen LogP contribution in [0.25, 0.3) is 0 Å². The second kappa shape index (κ2) is 6.02. The van der Waals surface area contributed by atoms with Crippen LogP contribution in [0, 0.1) is 13.8 Å². The molecule has 0 radical (unpaired) electrons. The van der Waals surface area contributed by atoms with E-state index in [4.69, 9.17) is 16.0 Å². The summed E-state index contributed by atoms with van der Waals surface area (Å²) in [7, 11) is 0. The summed E-state index contributed by atoms with van der Waals surface area (Å²) >= 11 is 1.57. The maximum atomic E-state index is 11.5. The highest BCUT2D eigenvalue weighted by Gasteiger charge is 2.14. The van der Waals surface area contributed by atoms with Crippen molar-refractivity contribution >= 4 is 23.4 Å². The summed E-state index contributed by atoms with van der Waals surface area (Å²) in [6.45, 7) is 3.71. The number of hydrogen-bond donors (Lipinski definition) is 3. The van der Waals surface area contributed by atoms with E-state index in [0.29, 0.717) is 22.8 Å². The van der Waals surface area contributed by atoms with E-state index in [1.165, 1.54) is 0 Å². The summed E-state index contributed by atoms with van der Waals surface area (Å²) in [5.74, 6) is 6.65. The number of hydrogen-bond acceptors (Lipinski definition) is 5. The Morgan fingerprint density at radius 1 is 1.40 bits per heavy atom. The molecular weight excluding hydrogens is 274 g/mol. The van der Waals surface area contributed by atoms with E-state index in [0.717, 1.165) is 16.1 Å². The lowest BCUT2D eigenvalue weighted by Gasteiger charge is -2.06. The van der Waals surface area contributed by atoms with Gasteiger partial charge in [0, 0.05) is 10.6 Å². The molecule has 1 heterocycles. The number of amides is 1. The minimum atomic E-state index is -0.349. The third-order valence-corrected chi connectivity index (χ3v) is 4.09. The van der Waals surface area contributed by atoms with Crippen molar-refractivity contribution in [2.75, 3.05) is 5.73 Å². The van der Waals surface area contributed by atoms with Gasteiger partial charge in [-0.25, -0.2) is 5.84 Å². The van der Waals surface area contributed by atoms with Crippen LogP contribution in [0.2, 0.25) is 0 Å². The van der Waals surface area contributed by atoms with Gasteiger partial charge in [0.25, 0.3) is 5.91 Å². The first kappa shape index (κ1) is 14.5. The Morgan fingerprint density at radius 3 is 2.85 bits per heavy atom. The van der Waals surface area contributed by atoms with Gasteiger partial charge in [0.1, 0.15) is 11.5 Å². The molecule has 0 saturated carbocycles. The normalized spacial score (nSPS) is 10.6. The Bertz CT molecular complexity index is 637. The third-order valence-electron chi connectivity index (χ3n) is 3.00. The van der Waals surface area contributed by atoms with E-state index in [2.05, 4.69) is 5.43 Å². The largest absolute Gasteiger partial charge is 0.465 e. The van der Waals surface area contributed by atoms with Crippen LogP contribution in [-0.4, -0.2) is 5.91 Å². The molecule has 1 aromatic heterocycles. The van der Waals surface area contributed by atoms with Gasteiger partial charge in [-0.1, -0.05) is 12.1 Å². The van der Waals surface area contributed by atoms with Crippen molar-refractivity contribution in [1.82, 2.24) is 5.43 Å². The fraction of sp³-hybridized carbons (Fsp3) is 0.214. The van der Waals surface area contributed by atoms with Crippen molar-refractivity contribution in [2.45, 2.75) is 24.5 Å². The minimum Gasteiger partial charge on any atom is -0.465 e. The molecule has 6 heteroatoms. The standard InChI is InChI=1S/C14H17N3O2S/c1-8-4-3-5-12(13(8)15)20-7-10-6-11(9(2)19-10)14(18)17-16/h3-6H,7,15-16H2,1-2H3,(H,17,18). The number of carbonyl (C=O) groups is 1. The smallest absolute Gasteiger partial charge is 0.268 e. The Labute approximate surface area is 121 Å². The number of anilines is 1. The fourth-order valence-electron chi connectivity index (χ4n) is 1.85. The molecule has 0 unspecified atom stereocenters. The van der Waals surface area contributed by atoms with Crippen LogP contribution in [0.3, 0.4) is 0 Å². The SMILES string of the molecule is Cc1cccc(SCc2cc(C(=O)NN)c(C)o2)c1N. The first-order chi connectivity index (χ1) is 9.52. The van der Waals surface area contributed by atoms with Gasteiger partial charge in [-0.15, -0.1) is 11.8 Å². The van der Waals surface area contributed by atoms with Crippen LogP contribution in [0.15, 0.2) is 33.6 Å². The van der Waals surface area contributed by atoms with Crippen molar-refractivity contribution in [1.29, 1.82) is 0 Å². The van der Waals surface area contributed by atoms with Crippen LogP contribution in [-0.2, 0) is 5.75 Å². The van der Waals surface area contributed by atoms with Crippen molar-refractivity contribution in [3.8, 4) is 0 Å². The van der Waals surface area contributed by atoms with E-state index in [9.17, 15) is 4.79 Å². The molecule has 2 rings (SSSR count). The molecule has 1 amide bonds. The first-order valence-electron chi connectivity index (χ1n) is 6.11. The second-order valence-corrected chi connectivity index (χ2v) is 5.45. The van der Waals surface area contributed by atoms with Gasteiger partial charge >= 0.3 is 0 Å². The number of aryl methyl sites for hydroxylation is 2. The highest BCUT2D eigenvalue weighted by atomic mass is 32.2. The molecule has 106 valence electrons. The van der Waals surface area contributed by atoms with E-state index in [-0.39, 0.29) is 5.91 Å². The molecule has 0 saturated heterocycles. The van der Waals surface area contributed by atoms with Crippen molar-refractivity contribution in [2.24, 2.45) is 5.84 Å². The number of nitrogen functional groups attached to an aromatic ring is 2. The average molecular weight is 291 g/mol. The molecule has 0 fully saturated rings. The molecule has 5 nitrogen and oxygen atoms in total. The number of rotatable bonds is 4. The molecule has 0 atom stereocenters. The number of nitrogens with one attached hydrogen (secondary N) is 1. The number of hydrazine groups is 1. The van der Waals surface area contributed by atoms with Crippen molar-refractivity contribution in [3.63, 3.8) is 0 Å². The molecule has 1 aromatic carbocycles. The maximum absolute atomic E-state index is 11.5. The summed E-state index contributed by atoms with van der Waals surface area (Å²) in [5, 5.41) is 0. The number of carbonyl (C=O) groups excluding carboxylic acids is 1. The lowest BCUT2D eigenvalue weighted by molar-refractivity contribution is 0.0952. The predicted molar refractivity (Wildman–Crippen MR) is 80.3 cm³/mol. The molecule has 5 N–H and O–H groups in total. The van der Waals surface area contributed by atoms with Gasteiger partial charge in [0.05, 0.1) is 11.3 Å². The first-order valence-corrected chi connectivity index (χ1v) is 7.09. The van der Waals surface area contributed by atoms with Gasteiger partial charge < -0.3 is 10.2 Å². The Morgan fingerprint density at radius 2 is 2.15 bits per heavy atom. The molecule has 0 aliphatic carbocycles. The van der Waals surface area contributed by atoms with Gasteiger partial charge in [0.15, 0.2) is 0 Å². The van der Waals surface area contributed by atoms with Crippen LogP contribution in [0.1, 0.15) is 27.4 Å². The second-order valence-electron chi connectivity index (χ2n) is 4.43. The van der Waals surface area contributed by atoms with Gasteiger partial charge in [-0.05, 0) is 31.5 Å². The van der Waals surface area contributed by atoms with Gasteiger partial charge in [-0.2, -0.15) is 0 Å².